The average Bonchev–Trinajstić information content (AvgIpc) is 3.06. The van der Waals surface area contributed by atoms with Gasteiger partial charge in [-0.2, -0.15) is 0 Å². The van der Waals surface area contributed by atoms with Gasteiger partial charge in [0.1, 0.15) is 11.6 Å². The summed E-state index contributed by atoms with van der Waals surface area (Å²) in [6.45, 7) is 7.99. The molecule has 1 aromatic carbocycles. The molecule has 1 aliphatic heterocycles. The van der Waals surface area contributed by atoms with Crippen molar-refractivity contribution in [3.8, 4) is 0 Å². The van der Waals surface area contributed by atoms with Gasteiger partial charge in [-0.3, -0.25) is 4.79 Å². The molecule has 138 valence electrons. The van der Waals surface area contributed by atoms with Gasteiger partial charge in [0.15, 0.2) is 0 Å². The second-order valence-electron chi connectivity index (χ2n) is 7.34. The van der Waals surface area contributed by atoms with E-state index in [9.17, 15) is 9.59 Å². The predicted molar refractivity (Wildman–Crippen MR) is 95.1 cm³/mol. The third-order valence-electron chi connectivity index (χ3n) is 3.95. The van der Waals surface area contributed by atoms with Crippen LogP contribution in [0.2, 0.25) is 0 Å². The van der Waals surface area contributed by atoms with Crippen molar-refractivity contribution in [2.45, 2.75) is 64.3 Å². The lowest BCUT2D eigenvalue weighted by atomic mass is 10.0. The van der Waals surface area contributed by atoms with Gasteiger partial charge in [-0.05, 0) is 46.1 Å². The van der Waals surface area contributed by atoms with E-state index in [0.29, 0.717) is 5.56 Å². The van der Waals surface area contributed by atoms with Crippen LogP contribution in [0.25, 0.3) is 0 Å². The molecule has 2 N–H and O–H groups in total. The fourth-order valence-corrected chi connectivity index (χ4v) is 2.77. The summed E-state index contributed by atoms with van der Waals surface area (Å²) >= 11 is 0. The first-order chi connectivity index (χ1) is 11.8. The van der Waals surface area contributed by atoms with Crippen LogP contribution >= 0.6 is 0 Å². The number of carbonyl (C=O) groups excluding carboxylic acids is 2. The highest BCUT2D eigenvalue weighted by Crippen LogP contribution is 2.18. The van der Waals surface area contributed by atoms with E-state index in [0.717, 1.165) is 19.4 Å². The summed E-state index contributed by atoms with van der Waals surface area (Å²) < 4.78 is 10.9. The van der Waals surface area contributed by atoms with Crippen molar-refractivity contribution >= 4 is 12.0 Å². The Labute approximate surface area is 149 Å². The number of hydrogen-bond donors (Lipinski definition) is 2. The Bertz CT molecular complexity index is 577. The maximum Gasteiger partial charge on any atom is 0.408 e. The zero-order chi connectivity index (χ0) is 18.4. The van der Waals surface area contributed by atoms with Crippen LogP contribution < -0.4 is 10.6 Å². The molecule has 2 amide bonds. The average molecular weight is 348 g/mol. The molecule has 1 saturated heterocycles. The summed E-state index contributed by atoms with van der Waals surface area (Å²) in [6, 6.07) is 8.19. The first kappa shape index (κ1) is 19.2. The molecule has 0 spiro atoms. The molecule has 1 aromatic rings. The summed E-state index contributed by atoms with van der Waals surface area (Å²) in [5, 5.41) is 5.63. The number of benzene rings is 1. The number of hydrogen-bond acceptors (Lipinski definition) is 4. The second-order valence-corrected chi connectivity index (χ2v) is 7.34. The SMILES string of the molecule is C[C@@H](NC(=O)[C@@H](NC(=O)OC(C)(C)C)c1ccccc1)[C@H]1CCCO1. The summed E-state index contributed by atoms with van der Waals surface area (Å²) in [4.78, 5) is 24.9. The first-order valence-corrected chi connectivity index (χ1v) is 8.73. The van der Waals surface area contributed by atoms with E-state index in [1.54, 1.807) is 32.9 Å². The highest BCUT2D eigenvalue weighted by Gasteiger charge is 2.29. The Balaban J connectivity index is 2.08. The van der Waals surface area contributed by atoms with Crippen LogP contribution in [0, 0.1) is 0 Å². The zero-order valence-corrected chi connectivity index (χ0v) is 15.4. The van der Waals surface area contributed by atoms with E-state index in [2.05, 4.69) is 10.6 Å². The lowest BCUT2D eigenvalue weighted by Gasteiger charge is -2.26. The minimum Gasteiger partial charge on any atom is -0.444 e. The van der Waals surface area contributed by atoms with Gasteiger partial charge in [-0.25, -0.2) is 4.79 Å². The summed E-state index contributed by atoms with van der Waals surface area (Å²) in [7, 11) is 0. The number of amides is 2. The number of ether oxygens (including phenoxy) is 2. The number of alkyl carbamates (subject to hydrolysis) is 1. The third kappa shape index (κ3) is 6.05. The van der Waals surface area contributed by atoms with E-state index >= 15 is 0 Å². The molecular weight excluding hydrogens is 320 g/mol. The minimum atomic E-state index is -0.820. The first-order valence-electron chi connectivity index (χ1n) is 8.73. The van der Waals surface area contributed by atoms with Crippen molar-refractivity contribution < 1.29 is 19.1 Å². The molecule has 0 aliphatic carbocycles. The van der Waals surface area contributed by atoms with E-state index < -0.39 is 17.7 Å². The largest absolute Gasteiger partial charge is 0.444 e. The van der Waals surface area contributed by atoms with Gasteiger partial charge in [-0.15, -0.1) is 0 Å². The molecule has 2 rings (SSSR count). The number of rotatable bonds is 5. The fourth-order valence-electron chi connectivity index (χ4n) is 2.77. The molecule has 25 heavy (non-hydrogen) atoms. The van der Waals surface area contributed by atoms with Crippen LogP contribution in [0.4, 0.5) is 4.79 Å². The van der Waals surface area contributed by atoms with E-state index in [-0.39, 0.29) is 18.1 Å². The smallest absolute Gasteiger partial charge is 0.408 e. The molecule has 1 fully saturated rings. The Morgan fingerprint density at radius 3 is 2.44 bits per heavy atom. The highest BCUT2D eigenvalue weighted by atomic mass is 16.6. The monoisotopic (exact) mass is 348 g/mol. The Morgan fingerprint density at radius 1 is 1.20 bits per heavy atom. The van der Waals surface area contributed by atoms with Crippen LogP contribution in [-0.2, 0) is 14.3 Å². The van der Waals surface area contributed by atoms with Gasteiger partial charge < -0.3 is 20.1 Å². The minimum absolute atomic E-state index is 0.0156. The molecule has 6 heteroatoms. The molecule has 3 atom stereocenters. The van der Waals surface area contributed by atoms with Gasteiger partial charge in [-0.1, -0.05) is 30.3 Å². The van der Waals surface area contributed by atoms with Crippen LogP contribution in [-0.4, -0.2) is 36.4 Å². The molecule has 6 nitrogen and oxygen atoms in total. The molecule has 1 heterocycles. The fraction of sp³-hybridized carbons (Fsp3) is 0.579. The highest BCUT2D eigenvalue weighted by molar-refractivity contribution is 5.87. The molecule has 0 unspecified atom stereocenters. The van der Waals surface area contributed by atoms with Crippen LogP contribution in [0.5, 0.6) is 0 Å². The van der Waals surface area contributed by atoms with Gasteiger partial charge in [0.2, 0.25) is 5.91 Å². The van der Waals surface area contributed by atoms with E-state index in [1.807, 2.05) is 25.1 Å². The van der Waals surface area contributed by atoms with Gasteiger partial charge >= 0.3 is 6.09 Å². The Kier molecular flexibility index (Phi) is 6.42. The maximum absolute atomic E-state index is 12.8. The molecule has 0 bridgehead atoms. The number of nitrogens with one attached hydrogen (secondary N) is 2. The standard InChI is InChI=1S/C19H28N2O4/c1-13(15-11-8-12-24-15)20-17(22)16(14-9-6-5-7-10-14)21-18(23)25-19(2,3)4/h5-7,9-10,13,15-16H,8,11-12H2,1-4H3,(H,20,22)(H,21,23)/t13-,15-,16+/m1/s1. The van der Waals surface area contributed by atoms with Crippen molar-refractivity contribution in [3.63, 3.8) is 0 Å². The molecule has 1 aliphatic rings. The third-order valence-corrected chi connectivity index (χ3v) is 3.95. The van der Waals surface area contributed by atoms with E-state index in [4.69, 9.17) is 9.47 Å². The van der Waals surface area contributed by atoms with Crippen LogP contribution in [0.15, 0.2) is 30.3 Å². The Hall–Kier alpha value is -2.08. The van der Waals surface area contributed by atoms with Crippen molar-refractivity contribution in [2.24, 2.45) is 0 Å². The quantitative estimate of drug-likeness (QED) is 0.858. The van der Waals surface area contributed by atoms with Crippen molar-refractivity contribution in [1.82, 2.24) is 10.6 Å². The van der Waals surface area contributed by atoms with E-state index in [1.165, 1.54) is 0 Å². The maximum atomic E-state index is 12.8. The predicted octanol–water partition coefficient (Wildman–Crippen LogP) is 2.94. The summed E-state index contributed by atoms with van der Waals surface area (Å²) in [6.07, 6.45) is 1.32. The van der Waals surface area contributed by atoms with Gasteiger partial charge in [0.25, 0.3) is 0 Å². The molecule has 0 radical (unpaired) electrons. The second kappa shape index (κ2) is 8.34. The van der Waals surface area contributed by atoms with Crippen molar-refractivity contribution in [3.05, 3.63) is 35.9 Å². The van der Waals surface area contributed by atoms with Crippen LogP contribution in [0.1, 0.15) is 52.1 Å². The topological polar surface area (TPSA) is 76.7 Å². The van der Waals surface area contributed by atoms with Crippen LogP contribution in [0.3, 0.4) is 0 Å². The summed E-state index contributed by atoms with van der Waals surface area (Å²) in [5.41, 5.74) is 0.0673. The molecular formula is C19H28N2O4. The van der Waals surface area contributed by atoms with Gasteiger partial charge in [0.05, 0.1) is 12.1 Å². The Morgan fingerprint density at radius 2 is 1.88 bits per heavy atom. The van der Waals surface area contributed by atoms with Crippen molar-refractivity contribution in [1.29, 1.82) is 0 Å². The van der Waals surface area contributed by atoms with Crippen molar-refractivity contribution in [2.75, 3.05) is 6.61 Å². The number of carbonyl (C=O) groups is 2. The normalized spacial score (nSPS) is 19.8. The lowest BCUT2D eigenvalue weighted by Crippen LogP contribution is -2.48. The lowest BCUT2D eigenvalue weighted by molar-refractivity contribution is -0.124. The summed E-state index contributed by atoms with van der Waals surface area (Å²) in [5.74, 6) is -0.278. The molecule has 0 saturated carbocycles. The van der Waals surface area contributed by atoms with Gasteiger partial charge in [0, 0.05) is 6.61 Å². The zero-order valence-electron chi connectivity index (χ0n) is 15.4. The molecule has 0 aromatic heterocycles.